The number of hydrogen-bond donors (Lipinski definition) is 3. The molecule has 0 bridgehead atoms. The molecule has 0 aromatic heterocycles. The number of likely N-dealkylation sites (tertiary alicyclic amines) is 1. The molecule has 1 aromatic carbocycles. The Labute approximate surface area is 154 Å². The number of hydrogen-bond acceptors (Lipinski definition) is 4. The zero-order valence-corrected chi connectivity index (χ0v) is 15.6. The second-order valence-electron chi connectivity index (χ2n) is 7.17. The lowest BCUT2D eigenvalue weighted by molar-refractivity contribution is 0.0960. The highest BCUT2D eigenvalue weighted by Gasteiger charge is 2.28. The van der Waals surface area contributed by atoms with Crippen LogP contribution in [0.25, 0.3) is 0 Å². The smallest absolute Gasteiger partial charge is 0.314 e. The van der Waals surface area contributed by atoms with Crippen molar-refractivity contribution in [2.75, 3.05) is 38.0 Å². The fourth-order valence-corrected chi connectivity index (χ4v) is 3.13. The average molecular weight is 361 g/mol. The number of benzene rings is 1. The summed E-state index contributed by atoms with van der Waals surface area (Å²) in [6.45, 7) is 7.80. The van der Waals surface area contributed by atoms with E-state index >= 15 is 0 Å². The maximum absolute atomic E-state index is 13.5. The zero-order chi connectivity index (χ0) is 19.0. The van der Waals surface area contributed by atoms with Gasteiger partial charge in [-0.05, 0) is 51.9 Å². The van der Waals surface area contributed by atoms with Crippen LogP contribution in [0.1, 0.15) is 38.7 Å². The van der Waals surface area contributed by atoms with E-state index in [1.807, 2.05) is 6.07 Å². The molecule has 0 radical (unpaired) electrons. The molecule has 1 aliphatic heterocycles. The molecule has 1 saturated heterocycles. The van der Waals surface area contributed by atoms with E-state index in [9.17, 15) is 9.18 Å². The SMILES string of the molecule is CC(C)(CNC(=O)NCCNc1cccc(F)c1C#N)N1CCCCC1. The summed E-state index contributed by atoms with van der Waals surface area (Å²) in [5, 5.41) is 17.6. The first-order valence-electron chi connectivity index (χ1n) is 9.13. The molecular weight excluding hydrogens is 333 g/mol. The van der Waals surface area contributed by atoms with Crippen molar-refractivity contribution in [1.82, 2.24) is 15.5 Å². The maximum atomic E-state index is 13.5. The number of rotatable bonds is 7. The summed E-state index contributed by atoms with van der Waals surface area (Å²) in [7, 11) is 0. The minimum Gasteiger partial charge on any atom is -0.382 e. The molecule has 26 heavy (non-hydrogen) atoms. The highest BCUT2D eigenvalue weighted by atomic mass is 19.1. The van der Waals surface area contributed by atoms with Crippen molar-refractivity contribution in [3.8, 4) is 6.07 Å². The lowest BCUT2D eigenvalue weighted by Gasteiger charge is -2.41. The highest BCUT2D eigenvalue weighted by molar-refractivity contribution is 5.74. The molecule has 0 aliphatic carbocycles. The van der Waals surface area contributed by atoms with Crippen LogP contribution in [0, 0.1) is 17.1 Å². The first-order chi connectivity index (χ1) is 12.4. The van der Waals surface area contributed by atoms with Crippen LogP contribution in [-0.4, -0.2) is 49.2 Å². The fraction of sp³-hybridized carbons (Fsp3) is 0.579. The van der Waals surface area contributed by atoms with E-state index in [-0.39, 0.29) is 17.1 Å². The Morgan fingerprint density at radius 1 is 1.23 bits per heavy atom. The molecule has 142 valence electrons. The van der Waals surface area contributed by atoms with Crippen LogP contribution in [0.2, 0.25) is 0 Å². The second kappa shape index (κ2) is 9.39. The number of urea groups is 1. The Balaban J connectivity index is 1.69. The number of piperidine rings is 1. The topological polar surface area (TPSA) is 80.2 Å². The number of carbonyl (C=O) groups is 1. The van der Waals surface area contributed by atoms with Gasteiger partial charge in [0.15, 0.2) is 0 Å². The van der Waals surface area contributed by atoms with E-state index in [4.69, 9.17) is 5.26 Å². The van der Waals surface area contributed by atoms with Crippen molar-refractivity contribution in [2.45, 2.75) is 38.6 Å². The van der Waals surface area contributed by atoms with Gasteiger partial charge < -0.3 is 16.0 Å². The van der Waals surface area contributed by atoms with Crippen LogP contribution in [0.15, 0.2) is 18.2 Å². The van der Waals surface area contributed by atoms with Crippen LogP contribution < -0.4 is 16.0 Å². The number of anilines is 1. The number of amides is 2. The lowest BCUT2D eigenvalue weighted by atomic mass is 9.98. The van der Waals surface area contributed by atoms with Crippen molar-refractivity contribution in [3.63, 3.8) is 0 Å². The van der Waals surface area contributed by atoms with Gasteiger partial charge in [-0.2, -0.15) is 5.26 Å². The van der Waals surface area contributed by atoms with Crippen molar-refractivity contribution in [1.29, 1.82) is 5.26 Å². The molecule has 7 heteroatoms. The molecule has 1 fully saturated rings. The van der Waals surface area contributed by atoms with Gasteiger partial charge in [0.25, 0.3) is 0 Å². The largest absolute Gasteiger partial charge is 0.382 e. The molecule has 0 unspecified atom stereocenters. The summed E-state index contributed by atoms with van der Waals surface area (Å²) in [6, 6.07) is 6.05. The third kappa shape index (κ3) is 5.60. The third-order valence-electron chi connectivity index (χ3n) is 4.75. The molecule has 1 aliphatic rings. The molecule has 0 saturated carbocycles. The second-order valence-corrected chi connectivity index (χ2v) is 7.17. The predicted molar refractivity (Wildman–Crippen MR) is 101 cm³/mol. The van der Waals surface area contributed by atoms with Crippen molar-refractivity contribution >= 4 is 11.7 Å². The molecule has 2 rings (SSSR count). The molecule has 1 heterocycles. The van der Waals surface area contributed by atoms with E-state index < -0.39 is 5.82 Å². The Bertz CT molecular complexity index is 650. The number of nitriles is 1. The minimum absolute atomic E-state index is 0.0137. The quantitative estimate of drug-likeness (QED) is 0.652. The van der Waals surface area contributed by atoms with E-state index in [1.54, 1.807) is 12.1 Å². The van der Waals surface area contributed by atoms with E-state index in [2.05, 4.69) is 34.7 Å². The first-order valence-corrected chi connectivity index (χ1v) is 9.13. The Kier molecular flexibility index (Phi) is 7.22. The normalized spacial score (nSPS) is 15.2. The predicted octanol–water partition coefficient (Wildman–Crippen LogP) is 2.67. The van der Waals surface area contributed by atoms with Gasteiger partial charge in [-0.3, -0.25) is 4.90 Å². The van der Waals surface area contributed by atoms with Crippen LogP contribution >= 0.6 is 0 Å². The van der Waals surface area contributed by atoms with Crippen LogP contribution in [0.5, 0.6) is 0 Å². The standard InChI is InChI=1S/C19H28FN5O/c1-19(2,25-11-4-3-5-12-25)14-24-18(26)23-10-9-22-17-8-6-7-16(20)15(17)13-21/h6-8,22H,3-5,9-12,14H2,1-2H3,(H2,23,24,26). The Hall–Kier alpha value is -2.33. The van der Waals surface area contributed by atoms with Crippen molar-refractivity contribution < 1.29 is 9.18 Å². The summed E-state index contributed by atoms with van der Waals surface area (Å²) < 4.78 is 13.5. The van der Waals surface area contributed by atoms with Gasteiger partial charge >= 0.3 is 6.03 Å². The summed E-state index contributed by atoms with van der Waals surface area (Å²) >= 11 is 0. The molecular formula is C19H28FN5O. The molecule has 1 aromatic rings. The lowest BCUT2D eigenvalue weighted by Crippen LogP contribution is -2.54. The monoisotopic (exact) mass is 361 g/mol. The zero-order valence-electron chi connectivity index (χ0n) is 15.6. The highest BCUT2D eigenvalue weighted by Crippen LogP contribution is 2.20. The maximum Gasteiger partial charge on any atom is 0.314 e. The van der Waals surface area contributed by atoms with Gasteiger partial charge in [0.1, 0.15) is 17.4 Å². The van der Waals surface area contributed by atoms with Crippen LogP contribution in [0.3, 0.4) is 0 Å². The summed E-state index contributed by atoms with van der Waals surface area (Å²) in [5.74, 6) is -0.553. The van der Waals surface area contributed by atoms with Gasteiger partial charge in [0.05, 0.1) is 5.69 Å². The van der Waals surface area contributed by atoms with Crippen molar-refractivity contribution in [3.05, 3.63) is 29.6 Å². The molecule has 2 amide bonds. The van der Waals surface area contributed by atoms with E-state index in [1.165, 1.54) is 25.3 Å². The van der Waals surface area contributed by atoms with Gasteiger partial charge in [-0.15, -0.1) is 0 Å². The molecule has 0 atom stereocenters. The Morgan fingerprint density at radius 3 is 2.65 bits per heavy atom. The number of halogens is 1. The molecule has 6 nitrogen and oxygen atoms in total. The van der Waals surface area contributed by atoms with E-state index in [0.717, 1.165) is 13.1 Å². The van der Waals surface area contributed by atoms with Gasteiger partial charge in [-0.25, -0.2) is 9.18 Å². The van der Waals surface area contributed by atoms with Crippen LogP contribution in [0.4, 0.5) is 14.9 Å². The van der Waals surface area contributed by atoms with Crippen molar-refractivity contribution in [2.24, 2.45) is 0 Å². The molecule has 0 spiro atoms. The number of carbonyl (C=O) groups excluding carboxylic acids is 1. The molecule has 3 N–H and O–H groups in total. The van der Waals surface area contributed by atoms with Gasteiger partial charge in [0.2, 0.25) is 0 Å². The average Bonchev–Trinajstić information content (AvgIpc) is 2.64. The summed E-state index contributed by atoms with van der Waals surface area (Å²) in [5.41, 5.74) is 0.348. The number of nitrogens with one attached hydrogen (secondary N) is 3. The number of nitrogens with zero attached hydrogens (tertiary/aromatic N) is 2. The summed E-state index contributed by atoms with van der Waals surface area (Å²) in [6.07, 6.45) is 3.71. The van der Waals surface area contributed by atoms with Gasteiger partial charge in [0, 0.05) is 25.2 Å². The van der Waals surface area contributed by atoms with E-state index in [0.29, 0.717) is 25.3 Å². The first kappa shape index (κ1) is 20.0. The minimum atomic E-state index is -0.553. The summed E-state index contributed by atoms with van der Waals surface area (Å²) in [4.78, 5) is 14.4. The van der Waals surface area contributed by atoms with Crippen LogP contribution in [-0.2, 0) is 0 Å². The van der Waals surface area contributed by atoms with Gasteiger partial charge in [-0.1, -0.05) is 12.5 Å². The fourth-order valence-electron chi connectivity index (χ4n) is 3.13. The third-order valence-corrected chi connectivity index (χ3v) is 4.75. The Morgan fingerprint density at radius 2 is 1.96 bits per heavy atom.